The monoisotopic (exact) mass is 1870 g/mol. The van der Waals surface area contributed by atoms with E-state index in [4.69, 9.17) is 8.83 Å². The van der Waals surface area contributed by atoms with Crippen molar-refractivity contribution in [2.45, 2.75) is 0 Å². The van der Waals surface area contributed by atoms with Crippen LogP contribution >= 0.6 is 22.7 Å². The molecule has 0 fully saturated rings. The second-order valence-electron chi connectivity index (χ2n) is 37.6. The van der Waals surface area contributed by atoms with Gasteiger partial charge in [-0.15, -0.1) is 22.7 Å². The number of furan rings is 2. The van der Waals surface area contributed by atoms with E-state index in [0.717, 1.165) is 43.9 Å². The van der Waals surface area contributed by atoms with E-state index >= 15 is 0 Å². The molecule has 0 spiro atoms. The third-order valence-corrected chi connectivity index (χ3v) is 31.8. The molecule has 8 heterocycles. The fourth-order valence-corrected chi connectivity index (χ4v) is 24.9. The van der Waals surface area contributed by atoms with Crippen LogP contribution in [0, 0.1) is 0 Å². The molecule has 144 heavy (non-hydrogen) atoms. The molecule has 0 aliphatic carbocycles. The molecule has 32 rings (SSSR count). The minimum Gasteiger partial charge on any atom is -0.456 e. The van der Waals surface area contributed by atoms with E-state index in [-0.39, 0.29) is 0 Å². The van der Waals surface area contributed by atoms with Crippen molar-refractivity contribution >= 4 is 237 Å². The van der Waals surface area contributed by atoms with Gasteiger partial charge in [0.05, 0.1) is 55.5 Å². The molecule has 0 radical (unpaired) electrons. The van der Waals surface area contributed by atoms with Gasteiger partial charge >= 0.3 is 0 Å². The first kappa shape index (κ1) is 82.6. The van der Waals surface area contributed by atoms with Gasteiger partial charge in [0, 0.05) is 127 Å². The van der Waals surface area contributed by atoms with Crippen molar-refractivity contribution in [2.24, 2.45) is 0 Å². The first-order valence-electron chi connectivity index (χ1n) is 49.1. The van der Waals surface area contributed by atoms with Gasteiger partial charge in [0.2, 0.25) is 0 Å². The van der Waals surface area contributed by atoms with Crippen LogP contribution in [-0.4, -0.2) is 18.3 Å². The zero-order valence-electron chi connectivity index (χ0n) is 77.9. The predicted octanol–water partition coefficient (Wildman–Crippen LogP) is 39.0. The number of nitrogens with zero attached hydrogens (tertiary/aromatic N) is 4. The summed E-state index contributed by atoms with van der Waals surface area (Å²) in [5.41, 5.74) is 28.0. The Morgan fingerprint density at radius 1 is 0.132 bits per heavy atom. The van der Waals surface area contributed by atoms with E-state index in [0.29, 0.717) is 0 Å². The van der Waals surface area contributed by atoms with Crippen LogP contribution in [-0.2, 0) is 0 Å². The number of rotatable bonds is 8. The van der Waals surface area contributed by atoms with Crippen molar-refractivity contribution in [1.29, 1.82) is 0 Å². The second kappa shape index (κ2) is 33.7. The Kier molecular flexibility index (Phi) is 19.3. The van der Waals surface area contributed by atoms with Crippen LogP contribution in [0.15, 0.2) is 518 Å². The van der Waals surface area contributed by atoms with Crippen LogP contribution < -0.4 is 0 Å². The van der Waals surface area contributed by atoms with Gasteiger partial charge in [0.15, 0.2) is 0 Å². The molecule has 0 atom stereocenters. The van der Waals surface area contributed by atoms with E-state index in [1.165, 1.54) is 238 Å². The van der Waals surface area contributed by atoms with Crippen LogP contribution in [0.5, 0.6) is 0 Å². The minimum atomic E-state index is 0.922. The summed E-state index contributed by atoms with van der Waals surface area (Å²) in [6.07, 6.45) is 0. The number of fused-ring (bicyclic) bond motifs is 28. The van der Waals surface area contributed by atoms with Crippen molar-refractivity contribution in [3.05, 3.63) is 510 Å². The highest BCUT2D eigenvalue weighted by molar-refractivity contribution is 7.26. The Labute approximate surface area is 834 Å². The highest BCUT2D eigenvalue weighted by atomic mass is 32.1. The summed E-state index contributed by atoms with van der Waals surface area (Å²) in [6.45, 7) is 0. The van der Waals surface area contributed by atoms with Crippen LogP contribution in [0.4, 0.5) is 0 Å². The van der Waals surface area contributed by atoms with Gasteiger partial charge < -0.3 is 27.1 Å². The SMILES string of the molecule is c1ccc2c(-n3c4ccccc4c4ccc(-c5ccc6oc7ccccc7c6c5)cc43)cccc2c1.c1ccc2c(-n3c4ccccc4c4ccc(-c5ccc6sc7ccccc7c6c5)cc43)cccc2c1.c1ccc2cc(-n3c4ccccc4c4ccc(-c5ccc6oc7ccccc7c6c5)cc43)ccc2c1.c1ccc2cc(-n3c4ccccc4c4ccc(-c5ccc6sc7ccccc7c6c5)cc43)ccc2c1. The van der Waals surface area contributed by atoms with Gasteiger partial charge in [-0.2, -0.15) is 0 Å². The van der Waals surface area contributed by atoms with E-state index in [9.17, 15) is 0 Å². The molecule has 0 saturated heterocycles. The third-order valence-electron chi connectivity index (χ3n) is 29.5. The fraction of sp³-hybridized carbons (Fsp3) is 0. The maximum absolute atomic E-state index is 6.07. The van der Waals surface area contributed by atoms with Crippen LogP contribution in [0.2, 0.25) is 0 Å². The Bertz CT molecular complexity index is 10300. The average Bonchev–Trinajstić information content (AvgIpc) is 1.59. The highest BCUT2D eigenvalue weighted by Crippen LogP contribution is 2.47. The topological polar surface area (TPSA) is 46.0 Å². The van der Waals surface area contributed by atoms with Crippen LogP contribution in [0.1, 0.15) is 0 Å². The number of hydrogen-bond donors (Lipinski definition) is 0. The van der Waals surface area contributed by atoms with Crippen molar-refractivity contribution in [3.63, 3.8) is 0 Å². The minimum absolute atomic E-state index is 0.922. The first-order chi connectivity index (χ1) is 71.4. The standard InChI is InChI=1S/2C34H21NO.2C34H21NS/c1-2-10-25-22(8-1)9-7-14-30(25)35-31-13-5-3-11-26(31)27-18-16-24(21-32(27)35)23-17-19-34-29(20-23)28-12-4-6-15-33(28)36-34;1-2-8-23-19-26(16-13-22(23)7-1)35-31-11-5-3-9-27(31)28-17-14-25(21-32(28)35)24-15-18-34-30(20-24)29-10-4-6-12-33(29)36-34;1-2-10-25-22(8-1)9-7-14-30(25)35-31-13-5-3-11-26(31)27-18-16-24(21-32(27)35)23-17-19-34-29(20-23)28-12-4-6-15-33(28)36-34;1-2-8-23-19-26(16-13-22(23)7-1)35-31-11-5-3-9-27(31)28-17-14-25(21-32(28)35)24-15-18-34-30(20-24)29-10-4-6-12-33(29)36-34/h4*1-21H. The molecule has 6 nitrogen and oxygen atoms in total. The highest BCUT2D eigenvalue weighted by Gasteiger charge is 2.23. The second-order valence-corrected chi connectivity index (χ2v) is 39.8. The van der Waals surface area contributed by atoms with Gasteiger partial charge in [0.25, 0.3) is 0 Å². The van der Waals surface area contributed by atoms with Crippen LogP contribution in [0.3, 0.4) is 0 Å². The van der Waals surface area contributed by atoms with E-state index < -0.39 is 0 Å². The number of hydrogen-bond acceptors (Lipinski definition) is 4. The Morgan fingerprint density at radius 3 is 0.778 bits per heavy atom. The molecular weight excluding hydrogens is 1790 g/mol. The zero-order valence-corrected chi connectivity index (χ0v) is 79.6. The lowest BCUT2D eigenvalue weighted by atomic mass is 10.0. The van der Waals surface area contributed by atoms with Crippen molar-refractivity contribution in [1.82, 2.24) is 18.3 Å². The summed E-state index contributed by atoms with van der Waals surface area (Å²) in [6, 6.07) is 184. The lowest BCUT2D eigenvalue weighted by Gasteiger charge is -2.12. The number of aromatic nitrogens is 4. The van der Waals surface area contributed by atoms with Gasteiger partial charge in [0.1, 0.15) is 22.3 Å². The Morgan fingerprint density at radius 2 is 0.389 bits per heavy atom. The van der Waals surface area contributed by atoms with Crippen LogP contribution in [0.25, 0.3) is 282 Å². The predicted molar refractivity (Wildman–Crippen MR) is 615 cm³/mol. The Balaban J connectivity index is 0.0000000913. The molecule has 0 aliphatic rings. The summed E-state index contributed by atoms with van der Waals surface area (Å²) >= 11 is 3.74. The van der Waals surface area contributed by atoms with Gasteiger partial charge in [-0.25, -0.2) is 0 Å². The molecule has 8 heteroatoms. The van der Waals surface area contributed by atoms with Gasteiger partial charge in [-0.05, 0) is 235 Å². The van der Waals surface area contributed by atoms with E-state index in [2.05, 4.69) is 504 Å². The molecule has 8 aromatic heterocycles. The lowest BCUT2D eigenvalue weighted by Crippen LogP contribution is -1.95. The maximum atomic E-state index is 6.07. The van der Waals surface area contributed by atoms with Gasteiger partial charge in [-0.3, -0.25) is 0 Å². The molecule has 672 valence electrons. The number of thiophene rings is 2. The average molecular weight is 1870 g/mol. The summed E-state index contributed by atoms with van der Waals surface area (Å²) in [4.78, 5) is 0. The van der Waals surface area contributed by atoms with E-state index in [1.807, 2.05) is 46.9 Å². The van der Waals surface area contributed by atoms with Crippen molar-refractivity contribution in [3.8, 4) is 67.3 Å². The molecule has 32 aromatic rings. The molecule has 0 amide bonds. The smallest absolute Gasteiger partial charge is 0.135 e. The quantitative estimate of drug-likeness (QED) is 0.152. The zero-order chi connectivity index (χ0) is 94.6. The normalized spacial score (nSPS) is 11.9. The summed E-state index contributed by atoms with van der Waals surface area (Å²) in [5, 5.41) is 30.2. The molecule has 0 saturated carbocycles. The lowest BCUT2D eigenvalue weighted by molar-refractivity contribution is 0.668. The third kappa shape index (κ3) is 13.7. The molecular formula is C136H84N4O2S2. The van der Waals surface area contributed by atoms with Crippen molar-refractivity contribution in [2.75, 3.05) is 0 Å². The Hall–Kier alpha value is -18.4. The molecule has 0 aliphatic heterocycles. The fourth-order valence-electron chi connectivity index (χ4n) is 22.7. The maximum Gasteiger partial charge on any atom is 0.135 e. The largest absolute Gasteiger partial charge is 0.456 e. The molecule has 0 bridgehead atoms. The van der Waals surface area contributed by atoms with E-state index in [1.54, 1.807) is 0 Å². The molecule has 0 N–H and O–H groups in total. The summed E-state index contributed by atoms with van der Waals surface area (Å²) in [7, 11) is 0. The van der Waals surface area contributed by atoms with Crippen molar-refractivity contribution < 1.29 is 8.83 Å². The molecule has 0 unspecified atom stereocenters. The first-order valence-corrected chi connectivity index (χ1v) is 50.7. The number of para-hydroxylation sites is 6. The number of benzene rings is 24. The summed E-state index contributed by atoms with van der Waals surface area (Å²) < 4.78 is 27.2. The van der Waals surface area contributed by atoms with Gasteiger partial charge in [-0.1, -0.05) is 352 Å². The molecule has 24 aromatic carbocycles. The summed E-state index contributed by atoms with van der Waals surface area (Å²) in [5.74, 6) is 0.